The molecule has 0 spiro atoms. The Morgan fingerprint density at radius 1 is 1.36 bits per heavy atom. The molecule has 1 saturated heterocycles. The van der Waals surface area contributed by atoms with Crippen LogP contribution in [0.25, 0.3) is 0 Å². The number of hydrogen-bond donors (Lipinski definition) is 1. The maximum atomic E-state index is 12.0. The van der Waals surface area contributed by atoms with Crippen LogP contribution in [0, 0.1) is 5.92 Å². The number of ether oxygens (including phenoxy) is 1. The summed E-state index contributed by atoms with van der Waals surface area (Å²) in [6.45, 7) is 9.93. The first kappa shape index (κ1) is 22.5. The molecule has 1 aliphatic heterocycles. The fourth-order valence-corrected chi connectivity index (χ4v) is 3.24. The summed E-state index contributed by atoms with van der Waals surface area (Å²) in [5, 5.41) is 3.39. The van der Waals surface area contributed by atoms with Gasteiger partial charge in [-0.05, 0) is 53.5 Å². The highest BCUT2D eigenvalue weighted by Crippen LogP contribution is 2.27. The minimum absolute atomic E-state index is 0. The van der Waals surface area contributed by atoms with Crippen LogP contribution in [0.1, 0.15) is 46.5 Å². The summed E-state index contributed by atoms with van der Waals surface area (Å²) >= 11 is 0. The number of esters is 1. The normalized spacial score (nSPS) is 22.4. The van der Waals surface area contributed by atoms with Crippen LogP contribution in [0.2, 0.25) is 0 Å². The summed E-state index contributed by atoms with van der Waals surface area (Å²) < 4.78 is 5.20. The molecule has 1 aliphatic carbocycles. The van der Waals surface area contributed by atoms with Crippen molar-refractivity contribution in [1.29, 1.82) is 0 Å². The Balaban J connectivity index is 0.00000312. The predicted octanol–water partition coefficient (Wildman–Crippen LogP) is 2.33. The van der Waals surface area contributed by atoms with Gasteiger partial charge in [0.25, 0.3) is 0 Å². The van der Waals surface area contributed by atoms with Gasteiger partial charge in [0.05, 0.1) is 19.1 Å². The summed E-state index contributed by atoms with van der Waals surface area (Å²) in [6.07, 6.45) is 4.55. The van der Waals surface area contributed by atoms with E-state index in [4.69, 9.17) is 9.73 Å². The lowest BCUT2D eigenvalue weighted by Crippen LogP contribution is -2.48. The van der Waals surface area contributed by atoms with Crippen LogP contribution in [0.5, 0.6) is 0 Å². The fraction of sp³-hybridized carbons (Fsp3) is 0.889. The molecule has 7 heteroatoms. The molecule has 146 valence electrons. The Kier molecular flexibility index (Phi) is 10.1. The molecule has 0 aromatic carbocycles. The van der Waals surface area contributed by atoms with Gasteiger partial charge in [0, 0.05) is 31.7 Å². The zero-order chi connectivity index (χ0) is 17.5. The van der Waals surface area contributed by atoms with Gasteiger partial charge in [-0.25, -0.2) is 0 Å². The second-order valence-corrected chi connectivity index (χ2v) is 6.98. The number of piperidine rings is 1. The van der Waals surface area contributed by atoms with E-state index in [1.54, 1.807) is 0 Å². The Morgan fingerprint density at radius 3 is 2.68 bits per heavy atom. The first-order valence-electron chi connectivity index (χ1n) is 9.48. The molecule has 2 atom stereocenters. The molecule has 0 aromatic heterocycles. The third kappa shape index (κ3) is 6.92. The molecule has 0 amide bonds. The second-order valence-electron chi connectivity index (χ2n) is 6.98. The molecular weight excluding hydrogens is 431 g/mol. The summed E-state index contributed by atoms with van der Waals surface area (Å²) in [5.41, 5.74) is 0. The molecule has 1 heterocycles. The number of halogens is 1. The van der Waals surface area contributed by atoms with Gasteiger partial charge < -0.3 is 15.0 Å². The van der Waals surface area contributed by atoms with Gasteiger partial charge in [0.1, 0.15) is 0 Å². The number of carbonyl (C=O) groups excluding carboxylic acids is 1. The highest BCUT2D eigenvalue weighted by molar-refractivity contribution is 14.0. The van der Waals surface area contributed by atoms with E-state index >= 15 is 0 Å². The van der Waals surface area contributed by atoms with Crippen molar-refractivity contribution in [3.05, 3.63) is 0 Å². The van der Waals surface area contributed by atoms with Crippen molar-refractivity contribution in [2.45, 2.75) is 58.5 Å². The molecule has 0 radical (unpaired) electrons. The van der Waals surface area contributed by atoms with Crippen LogP contribution >= 0.6 is 24.0 Å². The van der Waals surface area contributed by atoms with Crippen LogP contribution in [0.3, 0.4) is 0 Å². The molecule has 2 unspecified atom stereocenters. The molecule has 2 rings (SSSR count). The molecule has 0 bridgehead atoms. The van der Waals surface area contributed by atoms with Crippen molar-refractivity contribution in [2.75, 3.05) is 39.8 Å². The Labute approximate surface area is 169 Å². The number of hydrogen-bond acceptors (Lipinski definition) is 4. The van der Waals surface area contributed by atoms with Crippen molar-refractivity contribution in [2.24, 2.45) is 10.9 Å². The van der Waals surface area contributed by atoms with E-state index in [2.05, 4.69) is 36.0 Å². The van der Waals surface area contributed by atoms with E-state index < -0.39 is 0 Å². The van der Waals surface area contributed by atoms with Crippen molar-refractivity contribution < 1.29 is 9.53 Å². The van der Waals surface area contributed by atoms with E-state index in [0.717, 1.165) is 44.5 Å². The number of likely N-dealkylation sites (N-methyl/N-ethyl adjacent to an activating group) is 1. The largest absolute Gasteiger partial charge is 0.466 e. The Hall–Kier alpha value is -0.570. The highest BCUT2D eigenvalue weighted by atomic mass is 127. The molecule has 6 nitrogen and oxygen atoms in total. The lowest BCUT2D eigenvalue weighted by atomic mass is 9.98. The van der Waals surface area contributed by atoms with Gasteiger partial charge in [0.2, 0.25) is 0 Å². The summed E-state index contributed by atoms with van der Waals surface area (Å²) in [7, 11) is 2.20. The monoisotopic (exact) mass is 466 g/mol. The second kappa shape index (κ2) is 11.2. The molecule has 2 aliphatic rings. The lowest BCUT2D eigenvalue weighted by Gasteiger charge is -2.34. The standard InChI is InChI=1S/C18H34N4O2.HI/c1-5-19-18(20-12-14(3)21(4)16-9-10-16)22-11-7-8-15(13-22)17(23)24-6-2;/h14-16H,5-13H2,1-4H3,(H,19,20);1H. The number of aliphatic imine (C=N–C) groups is 1. The van der Waals surface area contributed by atoms with Gasteiger partial charge in [-0.15, -0.1) is 24.0 Å². The predicted molar refractivity (Wildman–Crippen MR) is 113 cm³/mol. The van der Waals surface area contributed by atoms with Crippen molar-refractivity contribution in [3.63, 3.8) is 0 Å². The van der Waals surface area contributed by atoms with E-state index in [9.17, 15) is 4.79 Å². The first-order chi connectivity index (χ1) is 11.6. The molecule has 25 heavy (non-hydrogen) atoms. The van der Waals surface area contributed by atoms with E-state index in [1.807, 2.05) is 6.92 Å². The fourth-order valence-electron chi connectivity index (χ4n) is 3.24. The van der Waals surface area contributed by atoms with E-state index in [1.165, 1.54) is 12.8 Å². The van der Waals surface area contributed by atoms with Crippen molar-refractivity contribution in [3.8, 4) is 0 Å². The van der Waals surface area contributed by atoms with Gasteiger partial charge in [-0.1, -0.05) is 0 Å². The van der Waals surface area contributed by atoms with E-state index in [0.29, 0.717) is 19.2 Å². The smallest absolute Gasteiger partial charge is 0.310 e. The summed E-state index contributed by atoms with van der Waals surface area (Å²) in [6, 6.07) is 1.19. The minimum atomic E-state index is -0.0696. The van der Waals surface area contributed by atoms with Crippen molar-refractivity contribution in [1.82, 2.24) is 15.1 Å². The van der Waals surface area contributed by atoms with Gasteiger partial charge in [0.15, 0.2) is 5.96 Å². The minimum Gasteiger partial charge on any atom is -0.466 e. The Morgan fingerprint density at radius 2 is 2.08 bits per heavy atom. The van der Waals surface area contributed by atoms with Crippen LogP contribution in [-0.2, 0) is 9.53 Å². The molecule has 2 fully saturated rings. The zero-order valence-electron chi connectivity index (χ0n) is 16.2. The third-order valence-electron chi connectivity index (χ3n) is 5.00. The van der Waals surface area contributed by atoms with Crippen LogP contribution < -0.4 is 5.32 Å². The molecular formula is C18H35IN4O2. The third-order valence-corrected chi connectivity index (χ3v) is 5.00. The molecule has 1 saturated carbocycles. The lowest BCUT2D eigenvalue weighted by molar-refractivity contribution is -0.149. The van der Waals surface area contributed by atoms with Crippen LogP contribution in [0.4, 0.5) is 0 Å². The quantitative estimate of drug-likeness (QED) is 0.270. The Bertz CT molecular complexity index is 443. The zero-order valence-corrected chi connectivity index (χ0v) is 18.5. The maximum Gasteiger partial charge on any atom is 0.310 e. The van der Waals surface area contributed by atoms with Crippen LogP contribution in [-0.4, -0.2) is 73.6 Å². The number of rotatable bonds is 7. The number of guanidine groups is 1. The number of nitrogens with one attached hydrogen (secondary N) is 1. The number of nitrogens with zero attached hydrogens (tertiary/aromatic N) is 3. The first-order valence-corrected chi connectivity index (χ1v) is 9.48. The highest BCUT2D eigenvalue weighted by Gasteiger charge is 2.30. The average Bonchev–Trinajstić information content (AvgIpc) is 3.43. The van der Waals surface area contributed by atoms with Crippen LogP contribution in [0.15, 0.2) is 4.99 Å². The van der Waals surface area contributed by atoms with Crippen molar-refractivity contribution >= 4 is 35.9 Å². The maximum absolute atomic E-state index is 12.0. The summed E-state index contributed by atoms with van der Waals surface area (Å²) in [5.74, 6) is 0.830. The van der Waals surface area contributed by atoms with Gasteiger partial charge >= 0.3 is 5.97 Å². The topological polar surface area (TPSA) is 57.2 Å². The van der Waals surface area contributed by atoms with Gasteiger partial charge in [-0.3, -0.25) is 14.7 Å². The summed E-state index contributed by atoms with van der Waals surface area (Å²) in [4.78, 5) is 21.5. The SMILES string of the molecule is CCNC(=NCC(C)N(C)C1CC1)N1CCCC(C(=O)OCC)C1.I. The average molecular weight is 466 g/mol. The molecule has 0 aromatic rings. The van der Waals surface area contributed by atoms with E-state index in [-0.39, 0.29) is 35.9 Å². The molecule has 1 N–H and O–H groups in total. The number of likely N-dealkylation sites (tertiary alicyclic amines) is 1. The number of carbonyl (C=O) groups is 1. The van der Waals surface area contributed by atoms with Gasteiger partial charge in [-0.2, -0.15) is 0 Å².